The minimum atomic E-state index is -0.769. The number of carbonyl (C=O) groups excluding carboxylic acids is 3. The molecule has 37 heavy (non-hydrogen) atoms. The van der Waals surface area contributed by atoms with Gasteiger partial charge in [0.2, 0.25) is 0 Å². The number of rotatable bonds is 8. The number of para-hydroxylation sites is 1. The molecule has 0 aliphatic carbocycles. The van der Waals surface area contributed by atoms with E-state index in [1.165, 1.54) is 6.26 Å². The molecule has 188 valence electrons. The summed E-state index contributed by atoms with van der Waals surface area (Å²) in [5.41, 5.74) is 3.92. The van der Waals surface area contributed by atoms with Crippen molar-refractivity contribution in [3.8, 4) is 5.75 Å². The summed E-state index contributed by atoms with van der Waals surface area (Å²) < 4.78 is 13.3. The van der Waals surface area contributed by atoms with Crippen LogP contribution in [0.3, 0.4) is 0 Å². The van der Waals surface area contributed by atoms with Gasteiger partial charge in [0.1, 0.15) is 17.1 Å². The Morgan fingerprint density at radius 3 is 2.54 bits per heavy atom. The van der Waals surface area contributed by atoms with Gasteiger partial charge in [0.15, 0.2) is 0 Å². The van der Waals surface area contributed by atoms with Gasteiger partial charge >= 0.3 is 6.03 Å². The van der Waals surface area contributed by atoms with E-state index in [1.807, 2.05) is 56.4 Å². The minimum absolute atomic E-state index is 0.0650. The van der Waals surface area contributed by atoms with Crippen LogP contribution in [0.1, 0.15) is 28.9 Å². The molecular formula is C29H27N3O5. The van der Waals surface area contributed by atoms with E-state index in [9.17, 15) is 14.4 Å². The predicted octanol–water partition coefficient (Wildman–Crippen LogP) is 4.98. The van der Waals surface area contributed by atoms with Gasteiger partial charge in [-0.25, -0.2) is 4.79 Å². The number of nitrogens with zero attached hydrogens (tertiary/aromatic N) is 2. The Kier molecular flexibility index (Phi) is 6.64. The third-order valence-electron chi connectivity index (χ3n) is 6.21. The SMILES string of the molecule is Cc1cc(C)cc(OCCCn2cc(/C=C3\C(=O)NC(=O)N(Cc4ccco4)C3=O)c3ccccc32)c1. The van der Waals surface area contributed by atoms with Crippen LogP contribution in [0.4, 0.5) is 4.79 Å². The highest BCUT2D eigenvalue weighted by atomic mass is 16.5. The maximum atomic E-state index is 13.1. The van der Waals surface area contributed by atoms with Crippen molar-refractivity contribution >= 4 is 34.8 Å². The molecule has 4 aromatic rings. The van der Waals surface area contributed by atoms with Crippen molar-refractivity contribution in [3.63, 3.8) is 0 Å². The second-order valence-electron chi connectivity index (χ2n) is 9.11. The molecule has 0 unspecified atom stereocenters. The lowest BCUT2D eigenvalue weighted by molar-refractivity contribution is -0.130. The Labute approximate surface area is 214 Å². The molecule has 0 atom stereocenters. The first-order valence-electron chi connectivity index (χ1n) is 12.1. The molecule has 1 N–H and O–H groups in total. The number of ether oxygens (including phenoxy) is 1. The molecule has 4 amide bonds. The van der Waals surface area contributed by atoms with Gasteiger partial charge in [0.25, 0.3) is 11.8 Å². The third-order valence-corrected chi connectivity index (χ3v) is 6.21. The Morgan fingerprint density at radius 2 is 1.78 bits per heavy atom. The lowest BCUT2D eigenvalue weighted by Crippen LogP contribution is -2.53. The van der Waals surface area contributed by atoms with Gasteiger partial charge in [-0.15, -0.1) is 0 Å². The van der Waals surface area contributed by atoms with E-state index in [-0.39, 0.29) is 12.1 Å². The number of amides is 4. The van der Waals surface area contributed by atoms with Crippen LogP contribution in [0.25, 0.3) is 17.0 Å². The number of imide groups is 2. The number of benzene rings is 2. The topological polar surface area (TPSA) is 93.8 Å². The summed E-state index contributed by atoms with van der Waals surface area (Å²) >= 11 is 0. The molecule has 8 nitrogen and oxygen atoms in total. The summed E-state index contributed by atoms with van der Waals surface area (Å²) in [5.74, 6) is -0.0826. The van der Waals surface area contributed by atoms with E-state index >= 15 is 0 Å². The maximum absolute atomic E-state index is 13.1. The summed E-state index contributed by atoms with van der Waals surface area (Å²) in [6, 6.07) is 16.5. The van der Waals surface area contributed by atoms with E-state index in [4.69, 9.17) is 9.15 Å². The van der Waals surface area contributed by atoms with Crippen LogP contribution in [0, 0.1) is 13.8 Å². The molecule has 2 aromatic carbocycles. The third kappa shape index (κ3) is 5.18. The van der Waals surface area contributed by atoms with Crippen molar-refractivity contribution in [2.24, 2.45) is 0 Å². The number of fused-ring (bicyclic) bond motifs is 1. The zero-order valence-corrected chi connectivity index (χ0v) is 20.7. The van der Waals surface area contributed by atoms with Crippen molar-refractivity contribution < 1.29 is 23.5 Å². The highest BCUT2D eigenvalue weighted by molar-refractivity contribution is 6.31. The van der Waals surface area contributed by atoms with Gasteiger partial charge in [0.05, 0.1) is 19.4 Å². The lowest BCUT2D eigenvalue weighted by atomic mass is 10.1. The largest absolute Gasteiger partial charge is 0.494 e. The second-order valence-corrected chi connectivity index (χ2v) is 9.11. The van der Waals surface area contributed by atoms with Crippen LogP contribution in [0.2, 0.25) is 0 Å². The lowest BCUT2D eigenvalue weighted by Gasteiger charge is -2.25. The molecule has 0 saturated carbocycles. The molecule has 0 spiro atoms. The first kappa shape index (κ1) is 24.1. The number of hydrogen-bond acceptors (Lipinski definition) is 5. The van der Waals surface area contributed by atoms with Crippen LogP contribution in [0.5, 0.6) is 5.75 Å². The fourth-order valence-corrected chi connectivity index (χ4v) is 4.57. The van der Waals surface area contributed by atoms with Crippen LogP contribution in [-0.4, -0.2) is 33.9 Å². The van der Waals surface area contributed by atoms with Crippen molar-refractivity contribution in [3.05, 3.63) is 95.1 Å². The standard InChI is InChI=1S/C29H27N3O5/c1-19-13-20(2)15-23(14-19)37-12-6-10-31-17-21(24-8-3-4-9-26(24)31)16-25-27(33)30-29(35)32(28(25)34)18-22-7-5-11-36-22/h3-5,7-9,11,13-17H,6,10,12,18H2,1-2H3,(H,30,33,35)/b25-16+. The van der Waals surface area contributed by atoms with Crippen LogP contribution in [-0.2, 0) is 22.7 Å². The molecule has 3 heterocycles. The van der Waals surface area contributed by atoms with Gasteiger partial charge in [-0.3, -0.25) is 19.8 Å². The Balaban J connectivity index is 1.36. The quantitative estimate of drug-likeness (QED) is 0.210. The molecular weight excluding hydrogens is 470 g/mol. The normalized spacial score (nSPS) is 15.0. The summed E-state index contributed by atoms with van der Waals surface area (Å²) in [6.45, 7) is 5.27. The summed E-state index contributed by atoms with van der Waals surface area (Å²) in [4.78, 5) is 39.0. The van der Waals surface area contributed by atoms with Gasteiger partial charge in [-0.05, 0) is 67.8 Å². The van der Waals surface area contributed by atoms with Crippen molar-refractivity contribution in [2.45, 2.75) is 33.4 Å². The van der Waals surface area contributed by atoms with Crippen LogP contribution >= 0.6 is 0 Å². The number of aryl methyl sites for hydroxylation is 3. The zero-order chi connectivity index (χ0) is 25.9. The monoisotopic (exact) mass is 497 g/mol. The molecule has 1 aliphatic rings. The van der Waals surface area contributed by atoms with E-state index in [1.54, 1.807) is 18.2 Å². The van der Waals surface area contributed by atoms with Crippen LogP contribution in [0.15, 0.2) is 77.0 Å². The first-order chi connectivity index (χ1) is 17.9. The smallest absolute Gasteiger partial charge is 0.331 e. The zero-order valence-electron chi connectivity index (χ0n) is 20.7. The van der Waals surface area contributed by atoms with Crippen LogP contribution < -0.4 is 10.1 Å². The maximum Gasteiger partial charge on any atom is 0.331 e. The average Bonchev–Trinajstić information content (AvgIpc) is 3.50. The van der Waals surface area contributed by atoms with Gasteiger partial charge in [-0.1, -0.05) is 24.3 Å². The second kappa shape index (κ2) is 10.2. The van der Waals surface area contributed by atoms with Crippen molar-refractivity contribution in [1.29, 1.82) is 0 Å². The highest BCUT2D eigenvalue weighted by Crippen LogP contribution is 2.26. The predicted molar refractivity (Wildman–Crippen MR) is 139 cm³/mol. The Hall–Kier alpha value is -4.59. The van der Waals surface area contributed by atoms with Crippen molar-refractivity contribution in [1.82, 2.24) is 14.8 Å². The minimum Gasteiger partial charge on any atom is -0.494 e. The Bertz CT molecular complexity index is 1490. The first-order valence-corrected chi connectivity index (χ1v) is 12.1. The average molecular weight is 498 g/mol. The number of aromatic nitrogens is 1. The number of hydrogen-bond donors (Lipinski definition) is 1. The summed E-state index contributed by atoms with van der Waals surface area (Å²) in [6.07, 6.45) is 5.70. The fraction of sp³-hybridized carbons (Fsp3) is 0.207. The molecule has 0 radical (unpaired) electrons. The van der Waals surface area contributed by atoms with Crippen molar-refractivity contribution in [2.75, 3.05) is 6.61 Å². The number of nitrogens with one attached hydrogen (secondary N) is 1. The van der Waals surface area contributed by atoms with E-state index in [2.05, 4.69) is 16.0 Å². The fourth-order valence-electron chi connectivity index (χ4n) is 4.57. The number of furan rings is 1. The molecule has 1 aliphatic heterocycles. The van der Waals surface area contributed by atoms with E-state index in [0.29, 0.717) is 18.9 Å². The number of carbonyl (C=O) groups is 3. The molecule has 1 fully saturated rings. The molecule has 5 rings (SSSR count). The molecule has 0 bridgehead atoms. The van der Waals surface area contributed by atoms with E-state index in [0.717, 1.165) is 44.7 Å². The van der Waals surface area contributed by atoms with Gasteiger partial charge in [-0.2, -0.15) is 0 Å². The van der Waals surface area contributed by atoms with Gasteiger partial charge < -0.3 is 13.7 Å². The van der Waals surface area contributed by atoms with Gasteiger partial charge in [0, 0.05) is 29.2 Å². The molecule has 1 saturated heterocycles. The number of urea groups is 1. The molecule has 2 aromatic heterocycles. The summed E-state index contributed by atoms with van der Waals surface area (Å²) in [7, 11) is 0. The highest BCUT2D eigenvalue weighted by Gasteiger charge is 2.36. The summed E-state index contributed by atoms with van der Waals surface area (Å²) in [5, 5.41) is 3.16. The molecule has 8 heteroatoms. The van der Waals surface area contributed by atoms with E-state index < -0.39 is 17.8 Å². The number of barbiturate groups is 1. The Morgan fingerprint density at radius 1 is 1.00 bits per heavy atom.